The summed E-state index contributed by atoms with van der Waals surface area (Å²) in [5, 5.41) is 17.2. The van der Waals surface area contributed by atoms with Crippen LogP contribution in [0.3, 0.4) is 0 Å². The predicted molar refractivity (Wildman–Crippen MR) is 129 cm³/mol. The van der Waals surface area contributed by atoms with Crippen molar-refractivity contribution >= 4 is 22.7 Å². The Balaban J connectivity index is 1.46. The number of anilines is 2. The van der Waals surface area contributed by atoms with Crippen molar-refractivity contribution in [3.8, 4) is 11.3 Å². The van der Waals surface area contributed by atoms with Gasteiger partial charge in [-0.3, -0.25) is 9.58 Å². The van der Waals surface area contributed by atoms with E-state index in [0.717, 1.165) is 42.7 Å². The van der Waals surface area contributed by atoms with Crippen LogP contribution in [0.1, 0.15) is 36.7 Å². The summed E-state index contributed by atoms with van der Waals surface area (Å²) >= 11 is 0. The number of nitrogens with zero attached hydrogens (tertiary/aromatic N) is 6. The summed E-state index contributed by atoms with van der Waals surface area (Å²) < 4.78 is 31.4. The van der Waals surface area contributed by atoms with Crippen LogP contribution in [0.5, 0.6) is 0 Å². The van der Waals surface area contributed by atoms with Gasteiger partial charge in [0.05, 0.1) is 12.8 Å². The van der Waals surface area contributed by atoms with E-state index in [1.165, 1.54) is 6.07 Å². The Kier molecular flexibility index (Phi) is 6.16. The molecule has 182 valence electrons. The Morgan fingerprint density at radius 3 is 2.74 bits per heavy atom. The van der Waals surface area contributed by atoms with E-state index in [1.807, 2.05) is 26.0 Å². The number of fused-ring (bicyclic) bond motifs is 2. The molecule has 1 aromatic carbocycles. The summed E-state index contributed by atoms with van der Waals surface area (Å²) in [7, 11) is 1.78. The Hall–Kier alpha value is -3.50. The van der Waals surface area contributed by atoms with Gasteiger partial charge in [-0.1, -0.05) is 19.9 Å². The summed E-state index contributed by atoms with van der Waals surface area (Å²) in [6.45, 7) is 6.33. The van der Waals surface area contributed by atoms with Gasteiger partial charge in [0.1, 0.15) is 17.0 Å². The summed E-state index contributed by atoms with van der Waals surface area (Å²) in [6, 6.07) is 6.79. The minimum atomic E-state index is -0.647. The molecule has 35 heavy (non-hydrogen) atoms. The number of aromatic nitrogens is 5. The molecule has 3 aromatic heterocycles. The molecule has 0 unspecified atom stereocenters. The lowest BCUT2D eigenvalue weighted by molar-refractivity contribution is 0.183. The number of aryl methyl sites for hydroxylation is 1. The number of hydrogen-bond donors (Lipinski definition) is 2. The first-order valence-corrected chi connectivity index (χ1v) is 11.6. The van der Waals surface area contributed by atoms with E-state index in [0.29, 0.717) is 23.3 Å². The van der Waals surface area contributed by atoms with Crippen LogP contribution in [0.4, 0.5) is 20.5 Å². The van der Waals surface area contributed by atoms with Gasteiger partial charge in [-0.25, -0.2) is 23.7 Å². The summed E-state index contributed by atoms with van der Waals surface area (Å²) in [4.78, 5) is 15.3. The average Bonchev–Trinajstić information content (AvgIpc) is 3.17. The van der Waals surface area contributed by atoms with Crippen LogP contribution in [-0.4, -0.2) is 54.4 Å². The van der Waals surface area contributed by atoms with Crippen LogP contribution in [0, 0.1) is 11.6 Å². The van der Waals surface area contributed by atoms with Crippen molar-refractivity contribution in [1.29, 1.82) is 0 Å². The minimum Gasteiger partial charge on any atom is -0.395 e. The van der Waals surface area contributed by atoms with Crippen molar-refractivity contribution in [2.45, 2.75) is 32.7 Å². The zero-order chi connectivity index (χ0) is 24.7. The molecule has 8 nitrogen and oxygen atoms in total. The monoisotopic (exact) mass is 479 g/mol. The maximum atomic E-state index is 14.9. The maximum absolute atomic E-state index is 14.9. The van der Waals surface area contributed by atoms with Gasteiger partial charge in [0, 0.05) is 55.4 Å². The van der Waals surface area contributed by atoms with Crippen molar-refractivity contribution in [1.82, 2.24) is 29.6 Å². The first-order valence-electron chi connectivity index (χ1n) is 11.6. The van der Waals surface area contributed by atoms with Crippen LogP contribution in [0.15, 0.2) is 30.5 Å². The minimum absolute atomic E-state index is 0.000496. The van der Waals surface area contributed by atoms with E-state index in [-0.39, 0.29) is 29.7 Å². The highest BCUT2D eigenvalue weighted by atomic mass is 19.1. The van der Waals surface area contributed by atoms with E-state index >= 15 is 0 Å². The third-order valence-electron chi connectivity index (χ3n) is 6.29. The SMILES string of the molecule is CC(C)c1c2cc(-c3nc(Nc4ccc5c(n4)CCN(CCO)C5)ncc3F)cc(F)c2nn1C. The van der Waals surface area contributed by atoms with Crippen molar-refractivity contribution in [3.63, 3.8) is 0 Å². The molecule has 0 spiro atoms. The quantitative estimate of drug-likeness (QED) is 0.433. The largest absolute Gasteiger partial charge is 0.395 e. The first kappa shape index (κ1) is 23.3. The second-order valence-corrected chi connectivity index (χ2v) is 9.09. The zero-order valence-electron chi connectivity index (χ0n) is 19.9. The molecule has 5 rings (SSSR count). The fourth-order valence-corrected chi connectivity index (χ4v) is 4.72. The molecular weight excluding hydrogens is 452 g/mol. The third kappa shape index (κ3) is 4.46. The Morgan fingerprint density at radius 2 is 1.97 bits per heavy atom. The molecule has 1 aliphatic heterocycles. The first-order chi connectivity index (χ1) is 16.8. The lowest BCUT2D eigenvalue weighted by Crippen LogP contribution is -2.33. The third-order valence-corrected chi connectivity index (χ3v) is 6.29. The van der Waals surface area contributed by atoms with Crippen molar-refractivity contribution in [2.75, 3.05) is 25.0 Å². The van der Waals surface area contributed by atoms with Gasteiger partial charge < -0.3 is 10.4 Å². The van der Waals surface area contributed by atoms with E-state index < -0.39 is 11.6 Å². The number of aliphatic hydroxyl groups excluding tert-OH is 1. The normalized spacial score (nSPS) is 14.0. The number of aliphatic hydroxyl groups is 1. The number of β-amino-alcohol motifs (C(OH)–C–C–N with tert-alkyl or cyclic N) is 1. The van der Waals surface area contributed by atoms with Gasteiger partial charge in [-0.05, 0) is 29.7 Å². The molecule has 0 radical (unpaired) electrons. The summed E-state index contributed by atoms with van der Waals surface area (Å²) in [5.74, 6) is -0.348. The van der Waals surface area contributed by atoms with Gasteiger partial charge in [0.2, 0.25) is 5.95 Å². The molecule has 2 N–H and O–H groups in total. The highest BCUT2D eigenvalue weighted by molar-refractivity contribution is 5.87. The van der Waals surface area contributed by atoms with E-state index in [1.54, 1.807) is 17.8 Å². The Morgan fingerprint density at radius 1 is 1.14 bits per heavy atom. The molecule has 4 aromatic rings. The van der Waals surface area contributed by atoms with Crippen molar-refractivity contribution in [3.05, 3.63) is 59.0 Å². The van der Waals surface area contributed by atoms with Crippen molar-refractivity contribution in [2.24, 2.45) is 7.05 Å². The molecule has 0 saturated carbocycles. The number of benzene rings is 1. The van der Waals surface area contributed by atoms with E-state index in [2.05, 4.69) is 30.3 Å². The average molecular weight is 480 g/mol. The van der Waals surface area contributed by atoms with Gasteiger partial charge in [0.15, 0.2) is 11.6 Å². The fourth-order valence-electron chi connectivity index (χ4n) is 4.72. The van der Waals surface area contributed by atoms with Crippen LogP contribution in [-0.2, 0) is 20.0 Å². The van der Waals surface area contributed by atoms with Crippen molar-refractivity contribution < 1.29 is 13.9 Å². The summed E-state index contributed by atoms with van der Waals surface area (Å²) in [6.07, 6.45) is 1.84. The molecule has 0 fully saturated rings. The molecule has 0 saturated heterocycles. The molecular formula is C25H27F2N7O. The molecule has 0 atom stereocenters. The topological polar surface area (TPSA) is 92.0 Å². The second-order valence-electron chi connectivity index (χ2n) is 9.09. The number of nitrogens with one attached hydrogen (secondary N) is 1. The smallest absolute Gasteiger partial charge is 0.229 e. The number of hydrogen-bond acceptors (Lipinski definition) is 7. The predicted octanol–water partition coefficient (Wildman–Crippen LogP) is 3.92. The molecule has 4 heterocycles. The van der Waals surface area contributed by atoms with Crippen LogP contribution in [0.2, 0.25) is 0 Å². The number of rotatable bonds is 6. The molecule has 10 heteroatoms. The van der Waals surface area contributed by atoms with Gasteiger partial charge in [-0.2, -0.15) is 5.10 Å². The lowest BCUT2D eigenvalue weighted by Gasteiger charge is -2.27. The van der Waals surface area contributed by atoms with E-state index in [9.17, 15) is 13.9 Å². The summed E-state index contributed by atoms with van der Waals surface area (Å²) in [5.41, 5.74) is 3.51. The number of pyridine rings is 1. The highest BCUT2D eigenvalue weighted by Gasteiger charge is 2.20. The Bertz CT molecular complexity index is 1400. The molecule has 0 bridgehead atoms. The molecule has 0 aliphatic carbocycles. The number of halogens is 2. The lowest BCUT2D eigenvalue weighted by atomic mass is 10.0. The maximum Gasteiger partial charge on any atom is 0.229 e. The van der Waals surface area contributed by atoms with Crippen LogP contribution in [0.25, 0.3) is 22.2 Å². The van der Waals surface area contributed by atoms with Gasteiger partial charge in [-0.15, -0.1) is 0 Å². The Labute approximate surface area is 201 Å². The molecule has 1 aliphatic rings. The standard InChI is InChI=1S/C25H27F2N7O/c1-14(2)24-17-10-16(11-18(26)23(17)32-33(24)3)22-19(27)12-28-25(31-22)30-21-5-4-15-13-34(8-9-35)7-6-20(15)29-21/h4-5,10-12,14,35H,6-9,13H2,1-3H3,(H,28,29,30,31). The van der Waals surface area contributed by atoms with E-state index in [4.69, 9.17) is 0 Å². The highest BCUT2D eigenvalue weighted by Crippen LogP contribution is 2.32. The molecule has 0 amide bonds. The van der Waals surface area contributed by atoms with Crippen LogP contribution >= 0.6 is 0 Å². The van der Waals surface area contributed by atoms with Crippen LogP contribution < -0.4 is 5.32 Å². The zero-order valence-corrected chi connectivity index (χ0v) is 19.9. The fraction of sp³-hybridized carbons (Fsp3) is 0.360. The second kappa shape index (κ2) is 9.27. The van der Waals surface area contributed by atoms with Gasteiger partial charge in [0.25, 0.3) is 0 Å². The van der Waals surface area contributed by atoms with Gasteiger partial charge >= 0.3 is 0 Å².